The SMILES string of the molecule is CCSc1ncc(-c2ccc(S(N)(=O)=O)cc2)n1-c1ccc(F)cc1. The molecule has 0 aliphatic carbocycles. The van der Waals surface area contributed by atoms with Gasteiger partial charge in [-0.2, -0.15) is 0 Å². The molecule has 1 heterocycles. The summed E-state index contributed by atoms with van der Waals surface area (Å²) in [5, 5.41) is 5.92. The van der Waals surface area contributed by atoms with Crippen LogP contribution < -0.4 is 5.14 Å². The molecule has 0 saturated carbocycles. The molecule has 2 N–H and O–H groups in total. The molecule has 3 aromatic rings. The lowest BCUT2D eigenvalue weighted by atomic mass is 10.1. The molecule has 0 fully saturated rings. The van der Waals surface area contributed by atoms with Crippen LogP contribution in [0.15, 0.2) is 64.8 Å². The zero-order valence-corrected chi connectivity index (χ0v) is 15.0. The van der Waals surface area contributed by atoms with Gasteiger partial charge in [-0.25, -0.2) is 22.9 Å². The zero-order valence-electron chi connectivity index (χ0n) is 13.4. The number of rotatable bonds is 5. The maximum Gasteiger partial charge on any atom is 0.238 e. The van der Waals surface area contributed by atoms with Crippen LogP contribution in [0.3, 0.4) is 0 Å². The molecule has 5 nitrogen and oxygen atoms in total. The Kier molecular flexibility index (Phi) is 4.94. The monoisotopic (exact) mass is 377 g/mol. The van der Waals surface area contributed by atoms with E-state index >= 15 is 0 Å². The van der Waals surface area contributed by atoms with Crippen LogP contribution >= 0.6 is 11.8 Å². The van der Waals surface area contributed by atoms with Gasteiger partial charge in [0.15, 0.2) is 5.16 Å². The van der Waals surface area contributed by atoms with Crippen LogP contribution in [0.2, 0.25) is 0 Å². The molecule has 0 aliphatic heterocycles. The molecule has 0 bridgehead atoms. The summed E-state index contributed by atoms with van der Waals surface area (Å²) in [6.07, 6.45) is 1.72. The van der Waals surface area contributed by atoms with Gasteiger partial charge in [-0.05, 0) is 42.2 Å². The normalized spacial score (nSPS) is 11.6. The highest BCUT2D eigenvalue weighted by Crippen LogP contribution is 2.30. The summed E-state index contributed by atoms with van der Waals surface area (Å²) in [5.74, 6) is 0.523. The fourth-order valence-electron chi connectivity index (χ4n) is 2.42. The number of primary sulfonamides is 1. The molecule has 130 valence electrons. The van der Waals surface area contributed by atoms with E-state index in [4.69, 9.17) is 5.14 Å². The first kappa shape index (κ1) is 17.7. The molecule has 0 spiro atoms. The molecular weight excluding hydrogens is 361 g/mol. The lowest BCUT2D eigenvalue weighted by Crippen LogP contribution is -2.11. The quantitative estimate of drug-likeness (QED) is 0.691. The van der Waals surface area contributed by atoms with E-state index in [9.17, 15) is 12.8 Å². The third-order valence-electron chi connectivity index (χ3n) is 3.57. The molecule has 0 aliphatic rings. The third-order valence-corrected chi connectivity index (χ3v) is 5.33. The Hall–Kier alpha value is -2.16. The Bertz CT molecular complexity index is 982. The van der Waals surface area contributed by atoms with E-state index in [2.05, 4.69) is 4.98 Å². The molecule has 0 amide bonds. The lowest BCUT2D eigenvalue weighted by Gasteiger charge is -2.12. The average Bonchev–Trinajstić information content (AvgIpc) is 2.99. The van der Waals surface area contributed by atoms with Crippen molar-refractivity contribution in [2.75, 3.05) is 5.75 Å². The number of sulfonamides is 1. The van der Waals surface area contributed by atoms with Crippen LogP contribution in [0.1, 0.15) is 6.92 Å². The average molecular weight is 377 g/mol. The molecular formula is C17H16FN3O2S2. The van der Waals surface area contributed by atoms with Crippen molar-refractivity contribution in [2.45, 2.75) is 17.0 Å². The number of aromatic nitrogens is 2. The van der Waals surface area contributed by atoms with E-state index in [0.717, 1.165) is 27.9 Å². The van der Waals surface area contributed by atoms with Gasteiger partial charge in [-0.1, -0.05) is 30.8 Å². The van der Waals surface area contributed by atoms with Crippen molar-refractivity contribution in [1.82, 2.24) is 9.55 Å². The van der Waals surface area contributed by atoms with Gasteiger partial charge in [0.2, 0.25) is 10.0 Å². The number of halogens is 1. The van der Waals surface area contributed by atoms with Gasteiger partial charge in [-0.15, -0.1) is 0 Å². The van der Waals surface area contributed by atoms with Crippen molar-refractivity contribution >= 4 is 21.8 Å². The van der Waals surface area contributed by atoms with Crippen LogP contribution in [0.5, 0.6) is 0 Å². The first-order valence-corrected chi connectivity index (χ1v) is 10.0. The first-order chi connectivity index (χ1) is 11.9. The van der Waals surface area contributed by atoms with Crippen LogP contribution in [0.25, 0.3) is 16.9 Å². The van der Waals surface area contributed by atoms with Crippen molar-refractivity contribution < 1.29 is 12.8 Å². The summed E-state index contributed by atoms with van der Waals surface area (Å²) in [6, 6.07) is 12.4. The molecule has 3 rings (SSSR count). The second-order valence-electron chi connectivity index (χ2n) is 5.24. The minimum atomic E-state index is -3.74. The largest absolute Gasteiger partial charge is 0.287 e. The minimum Gasteiger partial charge on any atom is -0.287 e. The topological polar surface area (TPSA) is 78.0 Å². The summed E-state index contributed by atoms with van der Waals surface area (Å²) in [7, 11) is -3.74. The van der Waals surface area contributed by atoms with Gasteiger partial charge in [0.1, 0.15) is 5.82 Å². The summed E-state index contributed by atoms with van der Waals surface area (Å²) in [5.41, 5.74) is 2.34. The number of thioether (sulfide) groups is 1. The predicted molar refractivity (Wildman–Crippen MR) is 96.7 cm³/mol. The maximum absolute atomic E-state index is 13.3. The van der Waals surface area contributed by atoms with Crippen molar-refractivity contribution in [2.24, 2.45) is 5.14 Å². The second-order valence-corrected chi connectivity index (χ2v) is 8.03. The molecule has 25 heavy (non-hydrogen) atoms. The summed E-state index contributed by atoms with van der Waals surface area (Å²) >= 11 is 1.57. The number of hydrogen-bond donors (Lipinski definition) is 1. The second kappa shape index (κ2) is 6.99. The molecule has 0 radical (unpaired) electrons. The summed E-state index contributed by atoms with van der Waals surface area (Å²) in [4.78, 5) is 4.49. The Morgan fingerprint density at radius 2 is 1.76 bits per heavy atom. The minimum absolute atomic E-state index is 0.0484. The van der Waals surface area contributed by atoms with Gasteiger partial charge < -0.3 is 0 Å². The van der Waals surface area contributed by atoms with E-state index in [1.54, 1.807) is 42.2 Å². The Labute approximate surface area is 149 Å². The fraction of sp³-hybridized carbons (Fsp3) is 0.118. The van der Waals surface area contributed by atoms with E-state index in [1.807, 2.05) is 11.5 Å². The zero-order chi connectivity index (χ0) is 18.0. The highest BCUT2D eigenvalue weighted by molar-refractivity contribution is 7.99. The number of hydrogen-bond acceptors (Lipinski definition) is 4. The molecule has 1 aromatic heterocycles. The molecule has 0 saturated heterocycles. The molecule has 8 heteroatoms. The maximum atomic E-state index is 13.3. The Balaban J connectivity index is 2.12. The number of imidazole rings is 1. The van der Waals surface area contributed by atoms with E-state index in [-0.39, 0.29) is 10.7 Å². The number of benzene rings is 2. The van der Waals surface area contributed by atoms with E-state index in [1.165, 1.54) is 24.3 Å². The highest BCUT2D eigenvalue weighted by atomic mass is 32.2. The van der Waals surface area contributed by atoms with Gasteiger partial charge in [0.25, 0.3) is 0 Å². The Morgan fingerprint density at radius 1 is 1.12 bits per heavy atom. The Morgan fingerprint density at radius 3 is 2.32 bits per heavy atom. The van der Waals surface area contributed by atoms with Gasteiger partial charge in [0.05, 0.1) is 16.8 Å². The van der Waals surface area contributed by atoms with E-state index in [0.29, 0.717) is 0 Å². The number of nitrogens with two attached hydrogens (primary N) is 1. The lowest BCUT2D eigenvalue weighted by molar-refractivity contribution is 0.598. The van der Waals surface area contributed by atoms with Crippen molar-refractivity contribution in [1.29, 1.82) is 0 Å². The summed E-state index contributed by atoms with van der Waals surface area (Å²) < 4.78 is 38.0. The van der Waals surface area contributed by atoms with Crippen molar-refractivity contribution in [3.63, 3.8) is 0 Å². The van der Waals surface area contributed by atoms with Crippen LogP contribution in [-0.4, -0.2) is 23.7 Å². The van der Waals surface area contributed by atoms with Gasteiger partial charge in [-0.3, -0.25) is 4.57 Å². The molecule has 2 aromatic carbocycles. The standard InChI is InChI=1S/C17H16FN3O2S2/c1-2-24-17-20-11-16(21(17)14-7-5-13(18)6-8-14)12-3-9-15(10-4-12)25(19,22)23/h3-11H,2H2,1H3,(H2,19,22,23). The van der Waals surface area contributed by atoms with Gasteiger partial charge in [0, 0.05) is 11.3 Å². The third kappa shape index (κ3) is 3.76. The van der Waals surface area contributed by atoms with Crippen LogP contribution in [0.4, 0.5) is 4.39 Å². The van der Waals surface area contributed by atoms with Crippen molar-refractivity contribution in [3.05, 3.63) is 60.5 Å². The van der Waals surface area contributed by atoms with Crippen LogP contribution in [-0.2, 0) is 10.0 Å². The summed E-state index contributed by atoms with van der Waals surface area (Å²) in [6.45, 7) is 2.02. The number of nitrogens with zero attached hydrogens (tertiary/aromatic N) is 2. The predicted octanol–water partition coefficient (Wildman–Crippen LogP) is 3.44. The van der Waals surface area contributed by atoms with E-state index < -0.39 is 10.0 Å². The van der Waals surface area contributed by atoms with Crippen molar-refractivity contribution in [3.8, 4) is 16.9 Å². The van der Waals surface area contributed by atoms with Crippen LogP contribution in [0, 0.1) is 5.82 Å². The molecule has 0 atom stereocenters. The fourth-order valence-corrected chi connectivity index (χ4v) is 3.66. The molecule has 0 unspecified atom stereocenters. The highest BCUT2D eigenvalue weighted by Gasteiger charge is 2.15. The van der Waals surface area contributed by atoms with Gasteiger partial charge >= 0.3 is 0 Å². The first-order valence-electron chi connectivity index (χ1n) is 7.50. The smallest absolute Gasteiger partial charge is 0.238 e.